The Bertz CT molecular complexity index is 501. The summed E-state index contributed by atoms with van der Waals surface area (Å²) in [4.78, 5) is 4.29. The SMILES string of the molecule is CCc1nccn1-c1ccc(CNCC(C)C)nn1. The van der Waals surface area contributed by atoms with Crippen molar-refractivity contribution in [1.82, 2.24) is 25.1 Å². The van der Waals surface area contributed by atoms with Gasteiger partial charge in [-0.15, -0.1) is 5.10 Å². The molecule has 1 N–H and O–H groups in total. The lowest BCUT2D eigenvalue weighted by atomic mass is 10.2. The van der Waals surface area contributed by atoms with Gasteiger partial charge >= 0.3 is 0 Å². The number of aromatic nitrogens is 4. The van der Waals surface area contributed by atoms with Gasteiger partial charge < -0.3 is 5.32 Å². The third-order valence-corrected chi connectivity index (χ3v) is 2.84. The van der Waals surface area contributed by atoms with Crippen molar-refractivity contribution in [2.24, 2.45) is 5.92 Å². The van der Waals surface area contributed by atoms with E-state index in [0.29, 0.717) is 5.92 Å². The van der Waals surface area contributed by atoms with Gasteiger partial charge in [-0.3, -0.25) is 4.57 Å². The molecule has 0 atom stereocenters. The topological polar surface area (TPSA) is 55.6 Å². The van der Waals surface area contributed by atoms with Crippen LogP contribution in [-0.4, -0.2) is 26.3 Å². The third-order valence-electron chi connectivity index (χ3n) is 2.84. The largest absolute Gasteiger partial charge is 0.311 e. The first kappa shape index (κ1) is 13.7. The number of imidazole rings is 1. The molecule has 0 amide bonds. The number of nitrogens with one attached hydrogen (secondary N) is 1. The number of hydrogen-bond donors (Lipinski definition) is 1. The van der Waals surface area contributed by atoms with E-state index in [0.717, 1.165) is 36.8 Å². The van der Waals surface area contributed by atoms with Crippen molar-refractivity contribution in [1.29, 1.82) is 0 Å². The van der Waals surface area contributed by atoms with Crippen molar-refractivity contribution >= 4 is 0 Å². The summed E-state index contributed by atoms with van der Waals surface area (Å²) in [5, 5.41) is 11.9. The van der Waals surface area contributed by atoms with E-state index in [4.69, 9.17) is 0 Å². The second kappa shape index (κ2) is 6.43. The summed E-state index contributed by atoms with van der Waals surface area (Å²) in [7, 11) is 0. The molecule has 0 unspecified atom stereocenters. The van der Waals surface area contributed by atoms with Gasteiger partial charge in [-0.25, -0.2) is 4.98 Å². The minimum absolute atomic E-state index is 0.644. The Morgan fingerprint density at radius 2 is 2.11 bits per heavy atom. The van der Waals surface area contributed by atoms with Gasteiger partial charge in [-0.05, 0) is 24.6 Å². The predicted octanol–water partition coefficient (Wildman–Crippen LogP) is 1.97. The molecule has 0 radical (unpaired) electrons. The average molecular weight is 259 g/mol. The lowest BCUT2D eigenvalue weighted by Gasteiger charge is -2.08. The van der Waals surface area contributed by atoms with Crippen LogP contribution in [0.5, 0.6) is 0 Å². The number of nitrogens with zero attached hydrogens (tertiary/aromatic N) is 4. The smallest absolute Gasteiger partial charge is 0.160 e. The van der Waals surface area contributed by atoms with Crippen molar-refractivity contribution in [2.75, 3.05) is 6.54 Å². The normalized spacial score (nSPS) is 11.2. The van der Waals surface area contributed by atoms with E-state index in [9.17, 15) is 0 Å². The second-order valence-electron chi connectivity index (χ2n) is 4.97. The predicted molar refractivity (Wildman–Crippen MR) is 75.1 cm³/mol. The fraction of sp³-hybridized carbons (Fsp3) is 0.500. The molecule has 0 aromatic carbocycles. The van der Waals surface area contributed by atoms with Gasteiger partial charge in [0.25, 0.3) is 0 Å². The summed E-state index contributed by atoms with van der Waals surface area (Å²) < 4.78 is 1.97. The van der Waals surface area contributed by atoms with Gasteiger partial charge in [0.05, 0.1) is 5.69 Å². The van der Waals surface area contributed by atoms with E-state index >= 15 is 0 Å². The molecule has 0 aliphatic heterocycles. The molecule has 5 nitrogen and oxygen atoms in total. The van der Waals surface area contributed by atoms with Crippen LogP contribution < -0.4 is 5.32 Å². The molecule has 19 heavy (non-hydrogen) atoms. The number of hydrogen-bond acceptors (Lipinski definition) is 4. The Morgan fingerprint density at radius 1 is 1.26 bits per heavy atom. The molecule has 0 saturated heterocycles. The van der Waals surface area contributed by atoms with Crippen LogP contribution in [0.1, 0.15) is 32.3 Å². The summed E-state index contributed by atoms with van der Waals surface area (Å²) in [5.41, 5.74) is 0.961. The average Bonchev–Trinajstić information content (AvgIpc) is 2.87. The Balaban J connectivity index is 2.02. The summed E-state index contributed by atoms with van der Waals surface area (Å²) >= 11 is 0. The van der Waals surface area contributed by atoms with E-state index in [-0.39, 0.29) is 0 Å². The highest BCUT2D eigenvalue weighted by Crippen LogP contribution is 2.07. The maximum absolute atomic E-state index is 4.29. The van der Waals surface area contributed by atoms with Crippen LogP contribution in [0.3, 0.4) is 0 Å². The van der Waals surface area contributed by atoms with E-state index in [1.54, 1.807) is 6.20 Å². The van der Waals surface area contributed by atoms with Gasteiger partial charge in [0, 0.05) is 25.4 Å². The monoisotopic (exact) mass is 259 g/mol. The summed E-state index contributed by atoms with van der Waals surface area (Å²) in [6.45, 7) is 8.21. The van der Waals surface area contributed by atoms with Crippen LogP contribution in [0.15, 0.2) is 24.5 Å². The zero-order valence-corrected chi connectivity index (χ0v) is 11.8. The van der Waals surface area contributed by atoms with Crippen LogP contribution >= 0.6 is 0 Å². The molecule has 0 fully saturated rings. The number of rotatable bonds is 6. The molecule has 0 bridgehead atoms. The van der Waals surface area contributed by atoms with Crippen molar-refractivity contribution in [2.45, 2.75) is 33.7 Å². The number of aryl methyl sites for hydroxylation is 1. The molecule has 0 aliphatic rings. The zero-order chi connectivity index (χ0) is 13.7. The molecule has 0 spiro atoms. The first-order valence-electron chi connectivity index (χ1n) is 6.76. The molecule has 2 aromatic heterocycles. The zero-order valence-electron chi connectivity index (χ0n) is 11.8. The molecule has 102 valence electrons. The van der Waals surface area contributed by atoms with Crippen LogP contribution in [-0.2, 0) is 13.0 Å². The molecule has 2 heterocycles. The van der Waals surface area contributed by atoms with Crippen molar-refractivity contribution in [3.8, 4) is 5.82 Å². The molecule has 0 aliphatic carbocycles. The first-order chi connectivity index (χ1) is 9.20. The van der Waals surface area contributed by atoms with Crippen molar-refractivity contribution in [3.63, 3.8) is 0 Å². The highest BCUT2D eigenvalue weighted by Gasteiger charge is 2.05. The van der Waals surface area contributed by atoms with Gasteiger partial charge in [-0.1, -0.05) is 20.8 Å². The van der Waals surface area contributed by atoms with Gasteiger partial charge in [-0.2, -0.15) is 5.10 Å². The lowest BCUT2D eigenvalue weighted by molar-refractivity contribution is 0.546. The van der Waals surface area contributed by atoms with Crippen LogP contribution in [0.25, 0.3) is 5.82 Å². The summed E-state index contributed by atoms with van der Waals surface area (Å²) in [6, 6.07) is 4.00. The Labute approximate surface area is 114 Å². The van der Waals surface area contributed by atoms with Crippen molar-refractivity contribution in [3.05, 3.63) is 36.0 Å². The van der Waals surface area contributed by atoms with Crippen molar-refractivity contribution < 1.29 is 0 Å². The first-order valence-corrected chi connectivity index (χ1v) is 6.76. The third kappa shape index (κ3) is 3.61. The molecule has 2 rings (SSSR count). The highest BCUT2D eigenvalue weighted by atomic mass is 15.2. The van der Waals surface area contributed by atoms with Crippen LogP contribution in [0.4, 0.5) is 0 Å². The second-order valence-corrected chi connectivity index (χ2v) is 4.97. The molecule has 0 saturated carbocycles. The van der Waals surface area contributed by atoms with Gasteiger partial charge in [0.1, 0.15) is 5.82 Å². The fourth-order valence-corrected chi connectivity index (χ4v) is 1.87. The van der Waals surface area contributed by atoms with Crippen LogP contribution in [0.2, 0.25) is 0 Å². The lowest BCUT2D eigenvalue weighted by Crippen LogP contribution is -2.20. The van der Waals surface area contributed by atoms with Crippen LogP contribution in [0, 0.1) is 5.92 Å². The highest BCUT2D eigenvalue weighted by molar-refractivity contribution is 5.24. The summed E-state index contributed by atoms with van der Waals surface area (Å²) in [5.74, 6) is 2.47. The van der Waals surface area contributed by atoms with E-state index in [1.807, 2.05) is 22.9 Å². The van der Waals surface area contributed by atoms with E-state index in [1.165, 1.54) is 0 Å². The Kier molecular flexibility index (Phi) is 4.63. The standard InChI is InChI=1S/C14H21N5/c1-4-13-16-7-8-19(13)14-6-5-12(17-18-14)10-15-9-11(2)3/h5-8,11,15H,4,9-10H2,1-3H3. The fourth-order valence-electron chi connectivity index (χ4n) is 1.87. The minimum atomic E-state index is 0.644. The maximum atomic E-state index is 4.29. The quantitative estimate of drug-likeness (QED) is 0.861. The van der Waals surface area contributed by atoms with Gasteiger partial charge in [0.2, 0.25) is 0 Å². The summed E-state index contributed by atoms with van der Waals surface area (Å²) in [6.07, 6.45) is 4.59. The van der Waals surface area contributed by atoms with E-state index in [2.05, 4.69) is 41.3 Å². The molecule has 5 heteroatoms. The minimum Gasteiger partial charge on any atom is -0.311 e. The molecular weight excluding hydrogens is 238 g/mol. The maximum Gasteiger partial charge on any atom is 0.160 e. The van der Waals surface area contributed by atoms with E-state index < -0.39 is 0 Å². The molecular formula is C14H21N5. The molecule has 2 aromatic rings. The van der Waals surface area contributed by atoms with Gasteiger partial charge in [0.15, 0.2) is 5.82 Å². The Hall–Kier alpha value is -1.75. The Morgan fingerprint density at radius 3 is 2.74 bits per heavy atom.